The van der Waals surface area contributed by atoms with E-state index >= 15 is 0 Å². The van der Waals surface area contributed by atoms with Crippen LogP contribution in [0.4, 0.5) is 0 Å². The van der Waals surface area contributed by atoms with Crippen LogP contribution in [0.25, 0.3) is 0 Å². The van der Waals surface area contributed by atoms with Gasteiger partial charge in [0.25, 0.3) is 0 Å². The van der Waals surface area contributed by atoms with Crippen LogP contribution in [0.5, 0.6) is 0 Å². The van der Waals surface area contributed by atoms with Crippen LogP contribution in [0.15, 0.2) is 36.5 Å². The first-order valence-corrected chi connectivity index (χ1v) is 26.0. The van der Waals surface area contributed by atoms with Gasteiger partial charge in [-0.1, -0.05) is 224 Å². The van der Waals surface area contributed by atoms with Crippen molar-refractivity contribution in [2.24, 2.45) is 0 Å². The Hall–Kier alpha value is -1.31. The first-order valence-electron chi connectivity index (χ1n) is 26.0. The molecule has 56 heavy (non-hydrogen) atoms. The van der Waals surface area contributed by atoms with Crippen LogP contribution < -0.4 is 0 Å². The number of allylic oxidation sites excluding steroid dienone is 6. The van der Waals surface area contributed by atoms with Crippen molar-refractivity contribution in [2.75, 3.05) is 13.1 Å². The smallest absolute Gasteiger partial charge is 0.222 e. The number of amides is 1. The standard InChI is InChI=1S/C54H103NO/c1-4-7-10-13-16-19-22-25-28-31-34-37-40-43-46-49-52-55(53-50-47-44-41-38-35-32-29-26-23-20-17-14-11-8-5-2)54(56)51-48-45-42-39-36-33-30-27-24-21-18-15-12-9-6-3/h25-30H,4-24,31-53H2,1-3H3/b28-25-,29-26-,30-27-. The first-order chi connectivity index (χ1) is 27.8. The summed E-state index contributed by atoms with van der Waals surface area (Å²) in [6.45, 7) is 8.84. The van der Waals surface area contributed by atoms with Crippen LogP contribution in [0.2, 0.25) is 0 Å². The molecule has 0 heterocycles. The Bertz CT molecular complexity index is 784. The topological polar surface area (TPSA) is 20.3 Å². The van der Waals surface area contributed by atoms with E-state index in [4.69, 9.17) is 0 Å². The van der Waals surface area contributed by atoms with Crippen molar-refractivity contribution in [3.8, 4) is 0 Å². The van der Waals surface area contributed by atoms with Crippen LogP contribution >= 0.6 is 0 Å². The molecule has 0 atom stereocenters. The fourth-order valence-corrected chi connectivity index (χ4v) is 7.97. The highest BCUT2D eigenvalue weighted by Crippen LogP contribution is 2.15. The third-order valence-electron chi connectivity index (χ3n) is 11.9. The fraction of sp³-hybridized carbons (Fsp3) is 0.870. The van der Waals surface area contributed by atoms with E-state index < -0.39 is 0 Å². The molecule has 0 aromatic heterocycles. The molecule has 0 aromatic carbocycles. The molecule has 0 aliphatic rings. The molecule has 0 fully saturated rings. The molecular weight excluding hydrogens is 679 g/mol. The van der Waals surface area contributed by atoms with Gasteiger partial charge in [0, 0.05) is 19.5 Å². The minimum Gasteiger partial charge on any atom is -0.343 e. The summed E-state index contributed by atoms with van der Waals surface area (Å²) in [6.07, 6.45) is 69.8. The van der Waals surface area contributed by atoms with Gasteiger partial charge < -0.3 is 4.90 Å². The van der Waals surface area contributed by atoms with Gasteiger partial charge in [-0.2, -0.15) is 0 Å². The minimum absolute atomic E-state index is 0.433. The predicted octanol–water partition coefficient (Wildman–Crippen LogP) is 18.9. The van der Waals surface area contributed by atoms with E-state index in [1.165, 1.54) is 257 Å². The maximum Gasteiger partial charge on any atom is 0.222 e. The van der Waals surface area contributed by atoms with Crippen LogP contribution in [0.1, 0.15) is 290 Å². The van der Waals surface area contributed by atoms with E-state index in [9.17, 15) is 4.79 Å². The number of unbranched alkanes of at least 4 members (excludes halogenated alkanes) is 35. The van der Waals surface area contributed by atoms with Gasteiger partial charge in [-0.15, -0.1) is 0 Å². The van der Waals surface area contributed by atoms with Crippen LogP contribution in [0, 0.1) is 0 Å². The zero-order valence-electron chi connectivity index (χ0n) is 38.9. The van der Waals surface area contributed by atoms with E-state index in [1.807, 2.05) is 0 Å². The molecule has 0 aliphatic heterocycles. The van der Waals surface area contributed by atoms with Gasteiger partial charge in [-0.05, 0) is 96.3 Å². The summed E-state index contributed by atoms with van der Waals surface area (Å²) in [5, 5.41) is 0. The predicted molar refractivity (Wildman–Crippen MR) is 255 cm³/mol. The lowest BCUT2D eigenvalue weighted by Crippen LogP contribution is -2.32. The molecule has 0 rings (SSSR count). The Kier molecular flexibility index (Phi) is 48.7. The molecule has 0 bridgehead atoms. The monoisotopic (exact) mass is 782 g/mol. The Morgan fingerprint density at radius 2 is 0.500 bits per heavy atom. The van der Waals surface area contributed by atoms with Gasteiger partial charge in [0.05, 0.1) is 0 Å². The Morgan fingerprint density at radius 3 is 0.768 bits per heavy atom. The Labute approximate surface area is 354 Å². The molecule has 0 saturated carbocycles. The minimum atomic E-state index is 0.433. The normalized spacial score (nSPS) is 12.0. The molecule has 0 spiro atoms. The number of rotatable bonds is 47. The molecule has 0 aliphatic carbocycles. The Balaban J connectivity index is 4.19. The van der Waals surface area contributed by atoms with Crippen molar-refractivity contribution >= 4 is 5.91 Å². The van der Waals surface area contributed by atoms with Gasteiger partial charge in [0.2, 0.25) is 5.91 Å². The summed E-state index contributed by atoms with van der Waals surface area (Å²) < 4.78 is 0. The highest BCUT2D eigenvalue weighted by molar-refractivity contribution is 5.76. The fourth-order valence-electron chi connectivity index (χ4n) is 7.97. The molecule has 0 aromatic rings. The number of hydrogen-bond acceptors (Lipinski definition) is 1. The summed E-state index contributed by atoms with van der Waals surface area (Å²) in [5.41, 5.74) is 0. The lowest BCUT2D eigenvalue weighted by atomic mass is 10.1. The number of carbonyl (C=O) groups is 1. The SMILES string of the molecule is CCCCCCCC/C=C\CCCCCCCCN(CCCCCCCC/C=C\CCCCCCCC)C(=O)CCCCCCC/C=C\CCCCCCCC. The van der Waals surface area contributed by atoms with Crippen molar-refractivity contribution in [1.82, 2.24) is 4.90 Å². The molecule has 0 radical (unpaired) electrons. The van der Waals surface area contributed by atoms with Crippen molar-refractivity contribution in [2.45, 2.75) is 290 Å². The quantitative estimate of drug-likeness (QED) is 0.0445. The molecular formula is C54H103NO. The summed E-state index contributed by atoms with van der Waals surface area (Å²) >= 11 is 0. The second-order valence-corrected chi connectivity index (χ2v) is 17.6. The molecule has 1 amide bonds. The number of carbonyl (C=O) groups excluding carboxylic acids is 1. The summed E-state index contributed by atoms with van der Waals surface area (Å²) in [4.78, 5) is 15.6. The van der Waals surface area contributed by atoms with Crippen molar-refractivity contribution in [3.63, 3.8) is 0 Å². The first kappa shape index (κ1) is 54.7. The number of nitrogens with zero attached hydrogens (tertiary/aromatic N) is 1. The van der Waals surface area contributed by atoms with Gasteiger partial charge in [0.1, 0.15) is 0 Å². The summed E-state index contributed by atoms with van der Waals surface area (Å²) in [6, 6.07) is 0. The van der Waals surface area contributed by atoms with Crippen molar-refractivity contribution in [3.05, 3.63) is 36.5 Å². The van der Waals surface area contributed by atoms with Gasteiger partial charge in [-0.3, -0.25) is 4.79 Å². The maximum atomic E-state index is 13.4. The van der Waals surface area contributed by atoms with Gasteiger partial charge in [0.15, 0.2) is 0 Å². The molecule has 0 saturated heterocycles. The lowest BCUT2D eigenvalue weighted by molar-refractivity contribution is -0.131. The van der Waals surface area contributed by atoms with E-state index in [0.717, 1.165) is 25.9 Å². The molecule has 2 nitrogen and oxygen atoms in total. The highest BCUT2D eigenvalue weighted by atomic mass is 16.2. The average molecular weight is 782 g/mol. The Morgan fingerprint density at radius 1 is 0.286 bits per heavy atom. The second kappa shape index (κ2) is 49.8. The largest absolute Gasteiger partial charge is 0.343 e. The zero-order chi connectivity index (χ0) is 40.5. The molecule has 2 heteroatoms. The summed E-state index contributed by atoms with van der Waals surface area (Å²) in [7, 11) is 0. The molecule has 0 unspecified atom stereocenters. The lowest BCUT2D eigenvalue weighted by Gasteiger charge is -2.23. The van der Waals surface area contributed by atoms with E-state index in [-0.39, 0.29) is 0 Å². The number of hydrogen-bond donors (Lipinski definition) is 0. The van der Waals surface area contributed by atoms with Crippen LogP contribution in [-0.2, 0) is 4.79 Å². The average Bonchev–Trinajstić information content (AvgIpc) is 3.21. The molecule has 330 valence electrons. The van der Waals surface area contributed by atoms with Gasteiger partial charge in [-0.25, -0.2) is 0 Å². The molecule has 0 N–H and O–H groups in total. The third-order valence-corrected chi connectivity index (χ3v) is 11.9. The summed E-state index contributed by atoms with van der Waals surface area (Å²) in [5.74, 6) is 0.433. The van der Waals surface area contributed by atoms with E-state index in [2.05, 4.69) is 62.1 Å². The van der Waals surface area contributed by atoms with Gasteiger partial charge >= 0.3 is 0 Å². The maximum absolute atomic E-state index is 13.4. The third kappa shape index (κ3) is 45.4. The van der Waals surface area contributed by atoms with Crippen molar-refractivity contribution in [1.29, 1.82) is 0 Å². The van der Waals surface area contributed by atoms with Crippen molar-refractivity contribution < 1.29 is 4.79 Å². The second-order valence-electron chi connectivity index (χ2n) is 17.6. The van der Waals surface area contributed by atoms with Crippen LogP contribution in [0.3, 0.4) is 0 Å². The van der Waals surface area contributed by atoms with Crippen LogP contribution in [-0.4, -0.2) is 23.9 Å². The highest BCUT2D eigenvalue weighted by Gasteiger charge is 2.12. The zero-order valence-corrected chi connectivity index (χ0v) is 38.9. The van der Waals surface area contributed by atoms with E-state index in [0.29, 0.717) is 5.91 Å². The van der Waals surface area contributed by atoms with E-state index in [1.54, 1.807) is 0 Å².